The molecule has 1 aliphatic heterocycles. The molecule has 0 spiro atoms. The van der Waals surface area contributed by atoms with Crippen molar-refractivity contribution in [2.24, 2.45) is 0 Å². The van der Waals surface area contributed by atoms with Crippen LogP contribution in [-0.2, 0) is 4.74 Å². The predicted octanol–water partition coefficient (Wildman–Crippen LogP) is 2.60. The van der Waals surface area contributed by atoms with Gasteiger partial charge in [-0.25, -0.2) is 4.79 Å². The summed E-state index contributed by atoms with van der Waals surface area (Å²) >= 11 is 0. The predicted molar refractivity (Wildman–Crippen MR) is 87.9 cm³/mol. The van der Waals surface area contributed by atoms with E-state index in [1.54, 1.807) is 23.3 Å². The molecule has 2 aromatic rings. The van der Waals surface area contributed by atoms with Crippen molar-refractivity contribution in [2.75, 3.05) is 24.6 Å². The van der Waals surface area contributed by atoms with Crippen LogP contribution in [0.5, 0.6) is 0 Å². The van der Waals surface area contributed by atoms with Crippen molar-refractivity contribution in [3.05, 3.63) is 49.1 Å². The number of hydrogen-bond acceptors (Lipinski definition) is 5. The Morgan fingerprint density at radius 2 is 1.96 bits per heavy atom. The highest BCUT2D eigenvalue weighted by atomic mass is 16.5. The van der Waals surface area contributed by atoms with Crippen LogP contribution in [-0.4, -0.2) is 40.4 Å². The lowest BCUT2D eigenvalue weighted by Crippen LogP contribution is -2.31. The van der Waals surface area contributed by atoms with E-state index >= 15 is 0 Å². The topological polar surface area (TPSA) is 60.3 Å². The number of rotatable bonds is 5. The number of nitrogens with zero attached hydrogens (tertiary/aromatic N) is 4. The summed E-state index contributed by atoms with van der Waals surface area (Å²) < 4.78 is 7.03. The second kappa shape index (κ2) is 7.09. The Morgan fingerprint density at radius 1 is 1.22 bits per heavy atom. The summed E-state index contributed by atoms with van der Waals surface area (Å²) in [6.07, 6.45) is 8.32. The molecule has 6 heteroatoms. The number of carbonyl (C=O) groups is 1. The van der Waals surface area contributed by atoms with Gasteiger partial charge in [-0.3, -0.25) is 4.57 Å². The Morgan fingerprint density at radius 3 is 2.65 bits per heavy atom. The molecule has 6 nitrogen and oxygen atoms in total. The van der Waals surface area contributed by atoms with E-state index in [9.17, 15) is 4.79 Å². The van der Waals surface area contributed by atoms with Crippen molar-refractivity contribution in [2.45, 2.75) is 19.3 Å². The number of ether oxygens (including phenoxy) is 1. The fourth-order valence-corrected chi connectivity index (χ4v) is 2.81. The Kier molecular flexibility index (Phi) is 4.71. The van der Waals surface area contributed by atoms with Crippen LogP contribution in [0.1, 0.15) is 29.6 Å². The Hall–Kier alpha value is -2.63. The molecule has 0 amide bonds. The normalized spacial score (nSPS) is 14.5. The van der Waals surface area contributed by atoms with Crippen molar-refractivity contribution in [3.8, 4) is 5.69 Å². The summed E-state index contributed by atoms with van der Waals surface area (Å²) in [5.74, 6) is -0.333. The lowest BCUT2D eigenvalue weighted by Gasteiger charge is -2.30. The zero-order valence-corrected chi connectivity index (χ0v) is 13.0. The minimum absolute atomic E-state index is 0.204. The van der Waals surface area contributed by atoms with Gasteiger partial charge in [0.05, 0.1) is 11.3 Å². The SMILES string of the molecule is C=CCOC(=O)c1cc(-n2cnnc2)ccc1N1CCCCC1. The van der Waals surface area contributed by atoms with Crippen molar-refractivity contribution in [1.82, 2.24) is 14.8 Å². The first-order valence-electron chi connectivity index (χ1n) is 7.81. The van der Waals surface area contributed by atoms with Crippen molar-refractivity contribution in [3.63, 3.8) is 0 Å². The molecular formula is C17H20N4O2. The van der Waals surface area contributed by atoms with E-state index in [1.165, 1.54) is 6.42 Å². The maximum atomic E-state index is 12.5. The monoisotopic (exact) mass is 312 g/mol. The number of piperidine rings is 1. The molecule has 0 N–H and O–H groups in total. The van der Waals surface area contributed by atoms with Gasteiger partial charge in [-0.15, -0.1) is 10.2 Å². The molecule has 1 fully saturated rings. The standard InChI is InChI=1S/C17H20N4O2/c1-2-10-23-17(22)15-11-14(21-12-18-19-13-21)6-7-16(15)20-8-4-3-5-9-20/h2,6-7,11-13H,1,3-5,8-10H2. The third-order valence-electron chi connectivity index (χ3n) is 3.95. The summed E-state index contributed by atoms with van der Waals surface area (Å²) in [5.41, 5.74) is 2.33. The second-order valence-corrected chi connectivity index (χ2v) is 5.51. The summed E-state index contributed by atoms with van der Waals surface area (Å²) in [4.78, 5) is 14.7. The third kappa shape index (κ3) is 3.41. The quantitative estimate of drug-likeness (QED) is 0.627. The van der Waals surface area contributed by atoms with Gasteiger partial charge in [-0.05, 0) is 37.5 Å². The first-order valence-corrected chi connectivity index (χ1v) is 7.81. The molecule has 3 rings (SSSR count). The maximum Gasteiger partial charge on any atom is 0.340 e. The molecule has 23 heavy (non-hydrogen) atoms. The van der Waals surface area contributed by atoms with E-state index in [4.69, 9.17) is 4.74 Å². The zero-order valence-electron chi connectivity index (χ0n) is 13.0. The van der Waals surface area contributed by atoms with E-state index in [1.807, 2.05) is 18.2 Å². The van der Waals surface area contributed by atoms with Gasteiger partial charge >= 0.3 is 5.97 Å². The highest BCUT2D eigenvalue weighted by Gasteiger charge is 2.20. The van der Waals surface area contributed by atoms with Crippen LogP contribution in [0.2, 0.25) is 0 Å². The van der Waals surface area contributed by atoms with Gasteiger partial charge in [-0.2, -0.15) is 0 Å². The Labute approximate surface area is 135 Å². The molecule has 0 saturated carbocycles. The van der Waals surface area contributed by atoms with Crippen LogP contribution in [0, 0.1) is 0 Å². The highest BCUT2D eigenvalue weighted by molar-refractivity contribution is 5.96. The lowest BCUT2D eigenvalue weighted by atomic mass is 10.1. The molecule has 1 aliphatic rings. The van der Waals surface area contributed by atoms with Crippen molar-refractivity contribution >= 4 is 11.7 Å². The fraction of sp³-hybridized carbons (Fsp3) is 0.353. The largest absolute Gasteiger partial charge is 0.458 e. The van der Waals surface area contributed by atoms with E-state index in [0.29, 0.717) is 5.56 Å². The van der Waals surface area contributed by atoms with Crippen LogP contribution in [0.15, 0.2) is 43.5 Å². The average Bonchev–Trinajstić information content (AvgIpc) is 3.14. The molecule has 1 aromatic carbocycles. The maximum absolute atomic E-state index is 12.5. The van der Waals surface area contributed by atoms with E-state index < -0.39 is 0 Å². The van der Waals surface area contributed by atoms with Gasteiger partial charge in [0.25, 0.3) is 0 Å². The van der Waals surface area contributed by atoms with Gasteiger partial charge in [0, 0.05) is 18.8 Å². The second-order valence-electron chi connectivity index (χ2n) is 5.51. The van der Waals surface area contributed by atoms with Gasteiger partial charge in [-0.1, -0.05) is 12.7 Å². The number of esters is 1. The summed E-state index contributed by atoms with van der Waals surface area (Å²) in [5, 5.41) is 7.62. The van der Waals surface area contributed by atoms with Gasteiger partial charge in [0.15, 0.2) is 0 Å². The Bertz CT molecular complexity index is 676. The average molecular weight is 312 g/mol. The van der Waals surface area contributed by atoms with Crippen LogP contribution < -0.4 is 4.90 Å². The van der Waals surface area contributed by atoms with Crippen LogP contribution in [0.4, 0.5) is 5.69 Å². The molecule has 2 heterocycles. The molecule has 1 aromatic heterocycles. The number of anilines is 1. The van der Waals surface area contributed by atoms with Crippen LogP contribution >= 0.6 is 0 Å². The number of aromatic nitrogens is 3. The molecule has 0 unspecified atom stereocenters. The third-order valence-corrected chi connectivity index (χ3v) is 3.95. The molecule has 0 aliphatic carbocycles. The summed E-state index contributed by atoms with van der Waals surface area (Å²) in [6, 6.07) is 5.78. The minimum Gasteiger partial charge on any atom is -0.458 e. The minimum atomic E-state index is -0.333. The molecule has 0 radical (unpaired) electrons. The summed E-state index contributed by atoms with van der Waals surface area (Å²) in [6.45, 7) is 5.72. The van der Waals surface area contributed by atoms with E-state index in [0.717, 1.165) is 37.3 Å². The molecule has 1 saturated heterocycles. The smallest absolute Gasteiger partial charge is 0.340 e. The zero-order chi connectivity index (χ0) is 16.1. The number of carbonyl (C=O) groups excluding carboxylic acids is 1. The molecule has 0 bridgehead atoms. The van der Waals surface area contributed by atoms with Crippen molar-refractivity contribution in [1.29, 1.82) is 0 Å². The van der Waals surface area contributed by atoms with Gasteiger partial charge in [0.2, 0.25) is 0 Å². The molecular weight excluding hydrogens is 292 g/mol. The number of hydrogen-bond donors (Lipinski definition) is 0. The lowest BCUT2D eigenvalue weighted by molar-refractivity contribution is 0.0550. The molecule has 120 valence electrons. The summed E-state index contributed by atoms with van der Waals surface area (Å²) in [7, 11) is 0. The number of benzene rings is 1. The first-order chi connectivity index (χ1) is 11.3. The van der Waals surface area contributed by atoms with Gasteiger partial charge < -0.3 is 9.64 Å². The highest BCUT2D eigenvalue weighted by Crippen LogP contribution is 2.27. The first kappa shape index (κ1) is 15.3. The Balaban J connectivity index is 1.96. The van der Waals surface area contributed by atoms with Gasteiger partial charge in [0.1, 0.15) is 19.3 Å². The van der Waals surface area contributed by atoms with E-state index in [2.05, 4.69) is 21.7 Å². The molecule has 0 atom stereocenters. The van der Waals surface area contributed by atoms with Crippen LogP contribution in [0.25, 0.3) is 5.69 Å². The van der Waals surface area contributed by atoms with Crippen molar-refractivity contribution < 1.29 is 9.53 Å². The fourth-order valence-electron chi connectivity index (χ4n) is 2.81. The van der Waals surface area contributed by atoms with Crippen LogP contribution in [0.3, 0.4) is 0 Å². The van der Waals surface area contributed by atoms with E-state index in [-0.39, 0.29) is 12.6 Å².